The summed E-state index contributed by atoms with van der Waals surface area (Å²) < 4.78 is 22.4. The molecule has 0 amide bonds. The molecule has 0 spiro atoms. The quantitative estimate of drug-likeness (QED) is 0.857. The summed E-state index contributed by atoms with van der Waals surface area (Å²) in [5, 5.41) is 16.9. The number of rotatable bonds is 3. The van der Waals surface area contributed by atoms with Crippen LogP contribution in [0.1, 0.15) is 5.56 Å². The van der Waals surface area contributed by atoms with Crippen molar-refractivity contribution in [1.82, 2.24) is 9.97 Å². The van der Waals surface area contributed by atoms with Crippen molar-refractivity contribution in [3.8, 4) is 17.3 Å². The molecule has 1 aromatic heterocycles. The van der Waals surface area contributed by atoms with E-state index in [0.717, 1.165) is 0 Å². The van der Waals surface area contributed by atoms with Crippen molar-refractivity contribution in [3.05, 3.63) is 36.0 Å². The molecule has 0 aliphatic heterocycles. The maximum Gasteiger partial charge on any atom is 0.238 e. The number of benzene rings is 1. The molecule has 0 bridgehead atoms. The van der Waals surface area contributed by atoms with Gasteiger partial charge in [0.15, 0.2) is 0 Å². The van der Waals surface area contributed by atoms with Crippen LogP contribution in [0.3, 0.4) is 0 Å². The molecule has 7 nitrogen and oxygen atoms in total. The molecule has 0 aliphatic rings. The smallest absolute Gasteiger partial charge is 0.238 e. The number of nitrogens with two attached hydrogens (primary N) is 1. The summed E-state index contributed by atoms with van der Waals surface area (Å²) in [4.78, 5) is 8.15. The zero-order valence-electron chi connectivity index (χ0n) is 10.5. The minimum Gasteiger partial charge on any atom is -0.357 e. The SMILES string of the molecule is CNc1ncc(C#N)c(-c2ccc(S(N)(=O)=O)cc2)n1. The van der Waals surface area contributed by atoms with Gasteiger partial charge in [-0.05, 0) is 12.1 Å². The van der Waals surface area contributed by atoms with Crippen molar-refractivity contribution >= 4 is 16.0 Å². The maximum atomic E-state index is 11.2. The Morgan fingerprint density at radius 3 is 2.45 bits per heavy atom. The van der Waals surface area contributed by atoms with Gasteiger partial charge in [-0.3, -0.25) is 0 Å². The Morgan fingerprint density at radius 1 is 1.30 bits per heavy atom. The summed E-state index contributed by atoms with van der Waals surface area (Å²) in [6.07, 6.45) is 1.40. The minimum absolute atomic E-state index is 0.00246. The molecule has 0 radical (unpaired) electrons. The molecule has 0 saturated carbocycles. The van der Waals surface area contributed by atoms with E-state index in [2.05, 4.69) is 15.3 Å². The van der Waals surface area contributed by atoms with E-state index in [0.29, 0.717) is 22.8 Å². The highest BCUT2D eigenvalue weighted by atomic mass is 32.2. The Hall–Kier alpha value is -2.50. The second kappa shape index (κ2) is 5.24. The molecule has 102 valence electrons. The first-order valence-corrected chi connectivity index (χ1v) is 7.08. The topological polar surface area (TPSA) is 122 Å². The van der Waals surface area contributed by atoms with E-state index in [9.17, 15) is 8.42 Å². The second-order valence-electron chi connectivity index (χ2n) is 3.89. The molecule has 1 aromatic carbocycles. The summed E-state index contributed by atoms with van der Waals surface area (Å²) in [6.45, 7) is 0. The highest BCUT2D eigenvalue weighted by molar-refractivity contribution is 7.89. The average molecular weight is 289 g/mol. The van der Waals surface area contributed by atoms with Crippen LogP contribution in [0.15, 0.2) is 35.4 Å². The number of primary sulfonamides is 1. The van der Waals surface area contributed by atoms with E-state index in [1.807, 2.05) is 6.07 Å². The molecule has 8 heteroatoms. The van der Waals surface area contributed by atoms with Crippen LogP contribution < -0.4 is 10.5 Å². The van der Waals surface area contributed by atoms with Crippen LogP contribution in [0, 0.1) is 11.3 Å². The molecule has 0 atom stereocenters. The Morgan fingerprint density at radius 2 is 1.95 bits per heavy atom. The number of sulfonamides is 1. The normalized spacial score (nSPS) is 10.8. The fraction of sp³-hybridized carbons (Fsp3) is 0.0833. The van der Waals surface area contributed by atoms with Crippen molar-refractivity contribution in [2.45, 2.75) is 4.90 Å². The predicted octanol–water partition coefficient (Wildman–Crippen LogP) is 0.704. The van der Waals surface area contributed by atoms with Crippen molar-refractivity contribution in [3.63, 3.8) is 0 Å². The number of aromatic nitrogens is 2. The molecule has 0 fully saturated rings. The molecular weight excluding hydrogens is 278 g/mol. The minimum atomic E-state index is -3.74. The number of anilines is 1. The molecule has 0 unspecified atom stereocenters. The van der Waals surface area contributed by atoms with Gasteiger partial charge in [-0.2, -0.15) is 5.26 Å². The number of nitrogens with zero attached hydrogens (tertiary/aromatic N) is 3. The molecule has 2 rings (SSSR count). The molecular formula is C12H11N5O2S. The molecule has 0 aliphatic carbocycles. The number of nitrogens with one attached hydrogen (secondary N) is 1. The summed E-state index contributed by atoms with van der Waals surface area (Å²) in [6, 6.07) is 7.82. The van der Waals surface area contributed by atoms with Crippen molar-refractivity contribution in [2.75, 3.05) is 12.4 Å². The van der Waals surface area contributed by atoms with Gasteiger partial charge in [0.1, 0.15) is 6.07 Å². The Kier molecular flexibility index (Phi) is 3.65. The monoisotopic (exact) mass is 289 g/mol. The summed E-state index contributed by atoms with van der Waals surface area (Å²) in [5.41, 5.74) is 1.33. The summed E-state index contributed by atoms with van der Waals surface area (Å²) in [5.74, 6) is 0.370. The highest BCUT2D eigenvalue weighted by Gasteiger charge is 2.11. The van der Waals surface area contributed by atoms with E-state index < -0.39 is 10.0 Å². The van der Waals surface area contributed by atoms with Crippen LogP contribution in [-0.2, 0) is 10.0 Å². The van der Waals surface area contributed by atoms with Gasteiger partial charge in [-0.1, -0.05) is 12.1 Å². The standard InChI is InChI=1S/C12H11N5O2S/c1-15-12-16-7-9(6-13)11(17-12)8-2-4-10(5-3-8)20(14,18)19/h2-5,7H,1H3,(H2,14,18,19)(H,15,16,17). The van der Waals surface area contributed by atoms with Gasteiger partial charge in [0, 0.05) is 12.6 Å². The molecule has 2 aromatic rings. The Bertz CT molecular complexity index is 778. The number of nitriles is 1. The lowest BCUT2D eigenvalue weighted by Crippen LogP contribution is -2.11. The van der Waals surface area contributed by atoms with Crippen LogP contribution in [0.4, 0.5) is 5.95 Å². The largest absolute Gasteiger partial charge is 0.357 e. The zero-order chi connectivity index (χ0) is 14.8. The fourth-order valence-corrected chi connectivity index (χ4v) is 2.12. The third-order valence-electron chi connectivity index (χ3n) is 2.59. The van der Waals surface area contributed by atoms with Gasteiger partial charge in [-0.25, -0.2) is 23.5 Å². The molecule has 20 heavy (non-hydrogen) atoms. The van der Waals surface area contributed by atoms with Gasteiger partial charge in [-0.15, -0.1) is 0 Å². The summed E-state index contributed by atoms with van der Waals surface area (Å²) >= 11 is 0. The van der Waals surface area contributed by atoms with E-state index in [1.165, 1.54) is 18.3 Å². The zero-order valence-corrected chi connectivity index (χ0v) is 11.3. The van der Waals surface area contributed by atoms with Gasteiger partial charge < -0.3 is 5.32 Å². The predicted molar refractivity (Wildman–Crippen MR) is 73.1 cm³/mol. The van der Waals surface area contributed by atoms with Gasteiger partial charge in [0.25, 0.3) is 0 Å². The van der Waals surface area contributed by atoms with Crippen molar-refractivity contribution < 1.29 is 8.42 Å². The Labute approximate surface area is 116 Å². The lowest BCUT2D eigenvalue weighted by atomic mass is 10.1. The van der Waals surface area contributed by atoms with Crippen LogP contribution in [0.5, 0.6) is 0 Å². The van der Waals surface area contributed by atoms with Crippen LogP contribution >= 0.6 is 0 Å². The Balaban J connectivity index is 2.54. The number of hydrogen-bond acceptors (Lipinski definition) is 6. The molecule has 1 heterocycles. The lowest BCUT2D eigenvalue weighted by Gasteiger charge is -2.06. The third-order valence-corrected chi connectivity index (χ3v) is 3.52. The van der Waals surface area contributed by atoms with E-state index in [-0.39, 0.29) is 4.90 Å². The van der Waals surface area contributed by atoms with Crippen molar-refractivity contribution in [2.24, 2.45) is 5.14 Å². The van der Waals surface area contributed by atoms with E-state index in [4.69, 9.17) is 10.4 Å². The van der Waals surface area contributed by atoms with Crippen LogP contribution in [-0.4, -0.2) is 25.4 Å². The van der Waals surface area contributed by atoms with Crippen LogP contribution in [0.2, 0.25) is 0 Å². The van der Waals surface area contributed by atoms with Gasteiger partial charge in [0.05, 0.1) is 22.3 Å². The third kappa shape index (κ3) is 2.74. The van der Waals surface area contributed by atoms with Gasteiger partial charge in [0.2, 0.25) is 16.0 Å². The fourth-order valence-electron chi connectivity index (χ4n) is 1.61. The van der Waals surface area contributed by atoms with Crippen LogP contribution in [0.25, 0.3) is 11.3 Å². The first-order valence-electron chi connectivity index (χ1n) is 5.54. The highest BCUT2D eigenvalue weighted by Crippen LogP contribution is 2.23. The second-order valence-corrected chi connectivity index (χ2v) is 5.45. The molecule has 3 N–H and O–H groups in total. The average Bonchev–Trinajstić information content (AvgIpc) is 2.45. The molecule has 0 saturated heterocycles. The lowest BCUT2D eigenvalue weighted by molar-refractivity contribution is 0.598. The summed E-state index contributed by atoms with van der Waals surface area (Å²) in [7, 11) is -2.08. The first-order chi connectivity index (χ1) is 9.45. The first kappa shape index (κ1) is 13.9. The van der Waals surface area contributed by atoms with E-state index in [1.54, 1.807) is 19.2 Å². The maximum absolute atomic E-state index is 11.2. The number of hydrogen-bond donors (Lipinski definition) is 2. The van der Waals surface area contributed by atoms with Crippen molar-refractivity contribution in [1.29, 1.82) is 5.26 Å². The van der Waals surface area contributed by atoms with Gasteiger partial charge >= 0.3 is 0 Å². The van der Waals surface area contributed by atoms with E-state index >= 15 is 0 Å².